The number of fused-ring (bicyclic) bond motifs is 2. The zero-order valence-corrected chi connectivity index (χ0v) is 9.97. The maximum Gasteiger partial charge on any atom is 0.335 e. The van der Waals surface area contributed by atoms with Crippen LogP contribution in [0.5, 0.6) is 11.5 Å². The Hall–Kier alpha value is -2.56. The fourth-order valence-electron chi connectivity index (χ4n) is 1.58. The number of alkyl halides is 1. The van der Waals surface area contributed by atoms with Gasteiger partial charge in [0.1, 0.15) is 0 Å². The maximum absolute atomic E-state index is 10.5. The lowest BCUT2D eigenvalue weighted by Gasteiger charge is -2.20. The average Bonchev–Trinajstić information content (AvgIpc) is 2.45. The highest BCUT2D eigenvalue weighted by Crippen LogP contribution is 2.40. The second-order valence-corrected chi connectivity index (χ2v) is 3.75. The number of rotatable bonds is 1. The molecular formula is C14H12FNO3. The van der Waals surface area contributed by atoms with Crippen LogP contribution in [0.3, 0.4) is 0 Å². The Balaban J connectivity index is 0.000000232. The molecule has 19 heavy (non-hydrogen) atoms. The SMILES string of the molecule is O=C(O)CF.c1ccc2c(c1)Nc1ccccc1O2. The first-order chi connectivity index (χ1) is 9.20. The van der Waals surface area contributed by atoms with Gasteiger partial charge in [0, 0.05) is 0 Å². The normalized spacial score (nSPS) is 10.8. The second-order valence-electron chi connectivity index (χ2n) is 3.75. The summed E-state index contributed by atoms with van der Waals surface area (Å²) < 4.78 is 16.2. The standard InChI is InChI=1S/C12H9NO.C2H3FO2/c1-3-7-11-9(5-1)13-10-6-2-4-8-12(10)14-11;3-1-2(4)5/h1-8,13H;1H2,(H,4,5). The van der Waals surface area contributed by atoms with Gasteiger partial charge in [-0.2, -0.15) is 0 Å². The van der Waals surface area contributed by atoms with Gasteiger partial charge in [0.15, 0.2) is 18.2 Å². The number of hydrogen-bond donors (Lipinski definition) is 2. The molecule has 1 aliphatic rings. The van der Waals surface area contributed by atoms with E-state index in [4.69, 9.17) is 14.6 Å². The summed E-state index contributed by atoms with van der Waals surface area (Å²) in [4.78, 5) is 8.99. The number of carbonyl (C=O) groups is 1. The van der Waals surface area contributed by atoms with Crippen molar-refractivity contribution in [2.75, 3.05) is 12.0 Å². The number of hydrogen-bond acceptors (Lipinski definition) is 3. The van der Waals surface area contributed by atoms with Gasteiger partial charge in [-0.05, 0) is 24.3 Å². The molecule has 0 unspecified atom stereocenters. The molecule has 0 atom stereocenters. The molecule has 2 aromatic rings. The second kappa shape index (κ2) is 5.86. The lowest BCUT2D eigenvalue weighted by atomic mass is 10.2. The maximum atomic E-state index is 10.5. The highest BCUT2D eigenvalue weighted by Gasteiger charge is 2.13. The summed E-state index contributed by atoms with van der Waals surface area (Å²) >= 11 is 0. The fraction of sp³-hybridized carbons (Fsp3) is 0.0714. The van der Waals surface area contributed by atoms with Gasteiger partial charge in [-0.1, -0.05) is 24.3 Å². The zero-order chi connectivity index (χ0) is 13.7. The van der Waals surface area contributed by atoms with Crippen molar-refractivity contribution < 1.29 is 19.0 Å². The Morgan fingerprint density at radius 1 is 1.05 bits per heavy atom. The first kappa shape index (κ1) is 12.9. The molecule has 0 spiro atoms. The zero-order valence-electron chi connectivity index (χ0n) is 9.97. The predicted octanol–water partition coefficient (Wildman–Crippen LogP) is 3.58. The number of benzene rings is 2. The van der Waals surface area contributed by atoms with Crippen molar-refractivity contribution in [3.8, 4) is 11.5 Å². The van der Waals surface area contributed by atoms with Crippen LogP contribution in [-0.4, -0.2) is 17.8 Å². The third-order valence-corrected chi connectivity index (χ3v) is 2.38. The highest BCUT2D eigenvalue weighted by atomic mass is 19.1. The summed E-state index contributed by atoms with van der Waals surface area (Å²) in [5.41, 5.74) is 2.04. The molecule has 0 radical (unpaired) electrons. The van der Waals surface area contributed by atoms with E-state index in [2.05, 4.69) is 5.32 Å². The van der Waals surface area contributed by atoms with Gasteiger partial charge in [-0.25, -0.2) is 9.18 Å². The summed E-state index contributed by atoms with van der Waals surface area (Å²) in [6, 6.07) is 15.8. The molecule has 98 valence electrons. The molecule has 4 nitrogen and oxygen atoms in total. The average molecular weight is 261 g/mol. The number of carboxylic acids is 1. The van der Waals surface area contributed by atoms with E-state index >= 15 is 0 Å². The number of ether oxygens (including phenoxy) is 1. The summed E-state index contributed by atoms with van der Waals surface area (Å²) in [5.74, 6) is 0.349. The summed E-state index contributed by atoms with van der Waals surface area (Å²) in [7, 11) is 0. The topological polar surface area (TPSA) is 58.6 Å². The predicted molar refractivity (Wildman–Crippen MR) is 69.9 cm³/mol. The van der Waals surface area contributed by atoms with Crippen molar-refractivity contribution in [3.63, 3.8) is 0 Å². The van der Waals surface area contributed by atoms with Crippen molar-refractivity contribution in [1.29, 1.82) is 0 Å². The number of para-hydroxylation sites is 4. The molecule has 5 heteroatoms. The number of halogens is 1. The van der Waals surface area contributed by atoms with Crippen LogP contribution in [0.25, 0.3) is 0 Å². The first-order valence-corrected chi connectivity index (χ1v) is 5.61. The van der Waals surface area contributed by atoms with E-state index in [9.17, 15) is 4.39 Å². The molecule has 0 aromatic heterocycles. The van der Waals surface area contributed by atoms with Crippen LogP contribution in [-0.2, 0) is 4.79 Å². The van der Waals surface area contributed by atoms with Crippen LogP contribution in [0.4, 0.5) is 15.8 Å². The Morgan fingerprint density at radius 3 is 1.89 bits per heavy atom. The van der Waals surface area contributed by atoms with E-state index in [0.717, 1.165) is 22.9 Å². The van der Waals surface area contributed by atoms with Gasteiger partial charge in [0.05, 0.1) is 11.4 Å². The van der Waals surface area contributed by atoms with E-state index in [0.29, 0.717) is 0 Å². The van der Waals surface area contributed by atoms with Crippen LogP contribution >= 0.6 is 0 Å². The summed E-state index contributed by atoms with van der Waals surface area (Å²) in [6.45, 7) is -1.28. The van der Waals surface area contributed by atoms with Crippen molar-refractivity contribution >= 4 is 17.3 Å². The van der Waals surface area contributed by atoms with Crippen molar-refractivity contribution in [2.24, 2.45) is 0 Å². The third kappa shape index (κ3) is 3.22. The molecule has 2 N–H and O–H groups in total. The molecule has 0 bridgehead atoms. The first-order valence-electron chi connectivity index (χ1n) is 5.61. The minimum Gasteiger partial charge on any atom is -0.479 e. The van der Waals surface area contributed by atoms with Crippen LogP contribution in [0.1, 0.15) is 0 Å². The van der Waals surface area contributed by atoms with Crippen LogP contribution in [0.15, 0.2) is 48.5 Å². The highest BCUT2D eigenvalue weighted by molar-refractivity contribution is 5.75. The minimum atomic E-state index is -1.41. The Kier molecular flexibility index (Phi) is 3.97. The largest absolute Gasteiger partial charge is 0.479 e. The van der Waals surface area contributed by atoms with E-state index in [-0.39, 0.29) is 0 Å². The fourth-order valence-corrected chi connectivity index (χ4v) is 1.58. The monoisotopic (exact) mass is 261 g/mol. The van der Waals surface area contributed by atoms with Gasteiger partial charge in [-0.15, -0.1) is 0 Å². The van der Waals surface area contributed by atoms with Gasteiger partial charge >= 0.3 is 5.97 Å². The molecule has 0 aliphatic carbocycles. The van der Waals surface area contributed by atoms with Crippen molar-refractivity contribution in [3.05, 3.63) is 48.5 Å². The van der Waals surface area contributed by atoms with Gasteiger partial charge in [0.2, 0.25) is 0 Å². The van der Waals surface area contributed by atoms with Crippen molar-refractivity contribution in [2.45, 2.75) is 0 Å². The quantitative estimate of drug-likeness (QED) is 0.703. The van der Waals surface area contributed by atoms with Crippen LogP contribution in [0.2, 0.25) is 0 Å². The van der Waals surface area contributed by atoms with E-state index in [1.807, 2.05) is 48.5 Å². The Bertz CT molecular complexity index is 499. The van der Waals surface area contributed by atoms with E-state index in [1.54, 1.807) is 0 Å². The minimum absolute atomic E-state index is 0.881. The molecule has 1 aliphatic heterocycles. The number of nitrogens with one attached hydrogen (secondary N) is 1. The molecule has 0 saturated heterocycles. The lowest BCUT2D eigenvalue weighted by molar-refractivity contribution is -0.137. The Morgan fingerprint density at radius 2 is 1.47 bits per heavy atom. The molecule has 3 rings (SSSR count). The van der Waals surface area contributed by atoms with Crippen LogP contribution in [0, 0.1) is 0 Å². The van der Waals surface area contributed by atoms with Crippen LogP contribution < -0.4 is 10.1 Å². The number of anilines is 2. The smallest absolute Gasteiger partial charge is 0.335 e. The van der Waals surface area contributed by atoms with Crippen molar-refractivity contribution in [1.82, 2.24) is 0 Å². The summed E-state index contributed by atoms with van der Waals surface area (Å²) in [6.07, 6.45) is 0. The number of carboxylic acid groups (broad SMARTS) is 1. The van der Waals surface area contributed by atoms with Gasteiger partial charge in [-0.3, -0.25) is 0 Å². The Labute approximate surface area is 109 Å². The molecule has 0 amide bonds. The molecule has 1 heterocycles. The molecule has 0 fully saturated rings. The van der Waals surface area contributed by atoms with E-state index < -0.39 is 12.6 Å². The molecular weight excluding hydrogens is 249 g/mol. The lowest BCUT2D eigenvalue weighted by Crippen LogP contribution is -2.01. The van der Waals surface area contributed by atoms with Gasteiger partial charge < -0.3 is 15.2 Å². The van der Waals surface area contributed by atoms with E-state index in [1.165, 1.54) is 0 Å². The third-order valence-electron chi connectivity index (χ3n) is 2.38. The van der Waals surface area contributed by atoms with Gasteiger partial charge in [0.25, 0.3) is 0 Å². The summed E-state index contributed by atoms with van der Waals surface area (Å²) in [5, 5.41) is 10.7. The molecule has 2 aromatic carbocycles. The molecule has 0 saturated carbocycles. The number of aliphatic carboxylic acids is 1.